The van der Waals surface area contributed by atoms with E-state index in [2.05, 4.69) is 9.46 Å². The summed E-state index contributed by atoms with van der Waals surface area (Å²) >= 11 is 0. The van der Waals surface area contributed by atoms with E-state index in [0.29, 0.717) is 0 Å². The van der Waals surface area contributed by atoms with Crippen molar-refractivity contribution in [2.24, 2.45) is 5.73 Å². The molecule has 1 rings (SSSR count). The molecule has 0 aromatic carbocycles. The molecule has 0 amide bonds. The van der Waals surface area contributed by atoms with Crippen LogP contribution in [-0.4, -0.2) is 38.3 Å². The lowest BCUT2D eigenvalue weighted by molar-refractivity contribution is -0.152. The number of esters is 1. The first-order chi connectivity index (χ1) is 7.23. The third-order valence-electron chi connectivity index (χ3n) is 2.76. The second kappa shape index (κ2) is 4.31. The first-order valence-corrected chi connectivity index (χ1v) is 6.65. The number of hydrogen-bond acceptors (Lipinski definition) is 5. The summed E-state index contributed by atoms with van der Waals surface area (Å²) in [6, 6.07) is -0.158. The highest BCUT2D eigenvalue weighted by molar-refractivity contribution is 7.90. The van der Waals surface area contributed by atoms with E-state index < -0.39 is 26.8 Å². The second-order valence-electron chi connectivity index (χ2n) is 4.44. The van der Waals surface area contributed by atoms with Gasteiger partial charge in [0.1, 0.15) is 5.54 Å². The molecular formula is C9H18N2O4S. The molecule has 0 aromatic rings. The van der Waals surface area contributed by atoms with Gasteiger partial charge >= 0.3 is 5.97 Å². The van der Waals surface area contributed by atoms with Crippen molar-refractivity contribution in [3.05, 3.63) is 0 Å². The average molecular weight is 250 g/mol. The predicted molar refractivity (Wildman–Crippen MR) is 59.1 cm³/mol. The van der Waals surface area contributed by atoms with Crippen LogP contribution in [0.1, 0.15) is 26.7 Å². The van der Waals surface area contributed by atoms with Gasteiger partial charge in [-0.2, -0.15) is 4.72 Å². The minimum Gasteiger partial charge on any atom is -0.468 e. The molecule has 0 bridgehead atoms. The molecule has 0 radical (unpaired) electrons. The number of nitrogens with one attached hydrogen (secondary N) is 1. The van der Waals surface area contributed by atoms with Crippen LogP contribution in [0.4, 0.5) is 0 Å². The number of nitrogens with two attached hydrogens (primary N) is 1. The summed E-state index contributed by atoms with van der Waals surface area (Å²) < 4.78 is 30.4. The minimum absolute atomic E-state index is 0.158. The van der Waals surface area contributed by atoms with Gasteiger partial charge in [-0.15, -0.1) is 0 Å². The van der Waals surface area contributed by atoms with Crippen molar-refractivity contribution < 1.29 is 17.9 Å². The zero-order valence-electron chi connectivity index (χ0n) is 9.69. The van der Waals surface area contributed by atoms with E-state index in [4.69, 9.17) is 5.73 Å². The van der Waals surface area contributed by atoms with Crippen LogP contribution in [0.15, 0.2) is 0 Å². The third-order valence-corrected chi connectivity index (χ3v) is 4.67. The average Bonchev–Trinajstić information content (AvgIpc) is 2.13. The molecule has 0 aromatic heterocycles. The molecule has 7 heteroatoms. The normalized spacial score (nSPS) is 29.9. The summed E-state index contributed by atoms with van der Waals surface area (Å²) in [6.45, 7) is 3.10. The predicted octanol–water partition coefficient (Wildman–Crippen LogP) is -0.653. The molecule has 16 heavy (non-hydrogen) atoms. The summed E-state index contributed by atoms with van der Waals surface area (Å²) in [5, 5.41) is -0.592. The third kappa shape index (κ3) is 2.36. The van der Waals surface area contributed by atoms with Crippen LogP contribution in [0.2, 0.25) is 0 Å². The highest BCUT2D eigenvalue weighted by atomic mass is 32.2. The maximum absolute atomic E-state index is 11.7. The van der Waals surface area contributed by atoms with E-state index >= 15 is 0 Å². The fraction of sp³-hybridized carbons (Fsp3) is 0.889. The lowest BCUT2D eigenvalue weighted by Gasteiger charge is -2.43. The molecule has 94 valence electrons. The van der Waals surface area contributed by atoms with Crippen molar-refractivity contribution in [2.75, 3.05) is 7.11 Å². The number of ether oxygens (including phenoxy) is 1. The van der Waals surface area contributed by atoms with E-state index in [1.807, 2.05) is 0 Å². The molecule has 1 aliphatic carbocycles. The fourth-order valence-electron chi connectivity index (χ4n) is 1.71. The van der Waals surface area contributed by atoms with Gasteiger partial charge in [-0.1, -0.05) is 0 Å². The van der Waals surface area contributed by atoms with Crippen molar-refractivity contribution in [1.82, 2.24) is 4.72 Å². The Bertz CT molecular complexity index is 371. The zero-order chi connectivity index (χ0) is 12.6. The minimum atomic E-state index is -3.50. The van der Waals surface area contributed by atoms with Gasteiger partial charge < -0.3 is 10.5 Å². The maximum Gasteiger partial charge on any atom is 0.327 e. The van der Waals surface area contributed by atoms with Crippen LogP contribution in [0.25, 0.3) is 0 Å². The number of carbonyl (C=O) groups is 1. The molecule has 0 spiro atoms. The summed E-state index contributed by atoms with van der Waals surface area (Å²) in [6.07, 6.45) is 0.567. The molecule has 6 nitrogen and oxygen atoms in total. The molecule has 3 N–H and O–H groups in total. The van der Waals surface area contributed by atoms with E-state index in [-0.39, 0.29) is 18.9 Å². The Labute approximate surface area is 95.6 Å². The molecule has 0 aliphatic heterocycles. The molecule has 1 saturated carbocycles. The largest absolute Gasteiger partial charge is 0.468 e. The summed E-state index contributed by atoms with van der Waals surface area (Å²) in [4.78, 5) is 11.6. The summed E-state index contributed by atoms with van der Waals surface area (Å²) in [5.41, 5.74) is 4.44. The first-order valence-electron chi connectivity index (χ1n) is 5.10. The highest BCUT2D eigenvalue weighted by Crippen LogP contribution is 2.33. The quantitative estimate of drug-likeness (QED) is 0.646. The van der Waals surface area contributed by atoms with Crippen LogP contribution in [0.3, 0.4) is 0 Å². The molecule has 1 aliphatic rings. The van der Waals surface area contributed by atoms with Gasteiger partial charge in [-0.05, 0) is 26.7 Å². The fourth-order valence-corrected chi connectivity index (χ4v) is 2.74. The Morgan fingerprint density at radius 3 is 2.31 bits per heavy atom. The molecule has 0 unspecified atom stereocenters. The Kier molecular flexibility index (Phi) is 3.61. The molecule has 0 heterocycles. The standard InChI is InChI=1S/C9H18N2O4S/c1-6(2)16(13,14)11-9(8(12)15-3)4-7(10)5-9/h6-7,11H,4-5,10H2,1-3H3. The van der Waals surface area contributed by atoms with Crippen LogP contribution < -0.4 is 10.5 Å². The van der Waals surface area contributed by atoms with Gasteiger partial charge in [0.15, 0.2) is 0 Å². The molecular weight excluding hydrogens is 232 g/mol. The molecule has 0 atom stereocenters. The van der Waals surface area contributed by atoms with Gasteiger partial charge in [0, 0.05) is 6.04 Å². The van der Waals surface area contributed by atoms with Crippen LogP contribution in [-0.2, 0) is 19.6 Å². The Hall–Kier alpha value is -0.660. The molecule has 1 fully saturated rings. The molecule has 0 saturated heterocycles. The van der Waals surface area contributed by atoms with Crippen molar-refractivity contribution in [3.8, 4) is 0 Å². The van der Waals surface area contributed by atoms with E-state index in [1.54, 1.807) is 13.8 Å². The van der Waals surface area contributed by atoms with Crippen molar-refractivity contribution >= 4 is 16.0 Å². The lowest BCUT2D eigenvalue weighted by atomic mass is 9.74. The van der Waals surface area contributed by atoms with Crippen molar-refractivity contribution in [2.45, 2.75) is 43.5 Å². The van der Waals surface area contributed by atoms with Crippen molar-refractivity contribution in [3.63, 3.8) is 0 Å². The van der Waals surface area contributed by atoms with Gasteiger partial charge in [0.05, 0.1) is 12.4 Å². The van der Waals surface area contributed by atoms with Gasteiger partial charge in [-0.25, -0.2) is 8.42 Å². The Morgan fingerprint density at radius 2 is 2.00 bits per heavy atom. The number of methoxy groups -OCH3 is 1. The highest BCUT2D eigenvalue weighted by Gasteiger charge is 2.52. The Balaban J connectivity index is 2.86. The topological polar surface area (TPSA) is 98.5 Å². The van der Waals surface area contributed by atoms with Crippen LogP contribution >= 0.6 is 0 Å². The van der Waals surface area contributed by atoms with Crippen LogP contribution in [0, 0.1) is 0 Å². The van der Waals surface area contributed by atoms with Gasteiger partial charge in [0.2, 0.25) is 10.0 Å². The number of hydrogen-bond donors (Lipinski definition) is 2. The SMILES string of the molecule is COC(=O)C1(NS(=O)(=O)C(C)C)CC(N)C1. The lowest BCUT2D eigenvalue weighted by Crippen LogP contribution is -2.67. The maximum atomic E-state index is 11.7. The van der Waals surface area contributed by atoms with Crippen molar-refractivity contribution in [1.29, 1.82) is 0 Å². The van der Waals surface area contributed by atoms with Crippen LogP contribution in [0.5, 0.6) is 0 Å². The van der Waals surface area contributed by atoms with E-state index in [0.717, 1.165) is 0 Å². The van der Waals surface area contributed by atoms with Gasteiger partial charge in [0.25, 0.3) is 0 Å². The van der Waals surface area contributed by atoms with Gasteiger partial charge in [-0.3, -0.25) is 4.79 Å². The smallest absolute Gasteiger partial charge is 0.327 e. The summed E-state index contributed by atoms with van der Waals surface area (Å²) in [7, 11) is -2.27. The number of carbonyl (C=O) groups excluding carboxylic acids is 1. The zero-order valence-corrected chi connectivity index (χ0v) is 10.5. The first kappa shape index (κ1) is 13.4. The van der Waals surface area contributed by atoms with E-state index in [1.165, 1.54) is 7.11 Å². The second-order valence-corrected chi connectivity index (χ2v) is 6.67. The summed E-state index contributed by atoms with van der Waals surface area (Å²) in [5.74, 6) is -0.571. The monoisotopic (exact) mass is 250 g/mol. The Morgan fingerprint density at radius 1 is 1.50 bits per heavy atom. The number of rotatable bonds is 4. The van der Waals surface area contributed by atoms with E-state index in [9.17, 15) is 13.2 Å². The number of sulfonamides is 1.